The van der Waals surface area contributed by atoms with E-state index in [4.69, 9.17) is 4.74 Å². The highest BCUT2D eigenvalue weighted by Gasteiger charge is 2.27. The summed E-state index contributed by atoms with van der Waals surface area (Å²) in [6.07, 6.45) is 0.477. The van der Waals surface area contributed by atoms with Crippen molar-refractivity contribution in [1.29, 1.82) is 0 Å². The number of piperazine rings is 1. The first-order valence-corrected chi connectivity index (χ1v) is 6.02. The van der Waals surface area contributed by atoms with E-state index in [1.54, 1.807) is 0 Å². The molecule has 2 heterocycles. The van der Waals surface area contributed by atoms with Crippen LogP contribution in [0.15, 0.2) is 0 Å². The van der Waals surface area contributed by atoms with Crippen LogP contribution in [-0.2, 0) is 9.53 Å². The lowest BCUT2D eigenvalue weighted by Gasteiger charge is -2.37. The van der Waals surface area contributed by atoms with Crippen LogP contribution in [0.3, 0.4) is 0 Å². The van der Waals surface area contributed by atoms with Crippen LogP contribution in [-0.4, -0.2) is 61.8 Å². The fraction of sp³-hybridized carbons (Fsp3) is 0.909. The molecule has 5 heteroatoms. The van der Waals surface area contributed by atoms with Gasteiger partial charge in [0.25, 0.3) is 0 Å². The van der Waals surface area contributed by atoms with E-state index >= 15 is 0 Å². The summed E-state index contributed by atoms with van der Waals surface area (Å²) >= 11 is 0. The molecule has 0 aromatic rings. The van der Waals surface area contributed by atoms with Gasteiger partial charge in [-0.15, -0.1) is 0 Å². The molecule has 2 aliphatic rings. The topological polar surface area (TPSA) is 53.6 Å². The molecule has 0 unspecified atom stereocenters. The van der Waals surface area contributed by atoms with Gasteiger partial charge in [0.15, 0.2) is 0 Å². The summed E-state index contributed by atoms with van der Waals surface area (Å²) in [5.41, 5.74) is 0. The van der Waals surface area contributed by atoms with Gasteiger partial charge < -0.3 is 15.4 Å². The normalized spacial score (nSPS) is 37.1. The molecule has 2 fully saturated rings. The first-order chi connectivity index (χ1) is 7.65. The van der Waals surface area contributed by atoms with E-state index in [9.17, 15) is 4.79 Å². The number of hydrogen-bond acceptors (Lipinski definition) is 4. The maximum atomic E-state index is 11.3. The average molecular weight is 227 g/mol. The van der Waals surface area contributed by atoms with Gasteiger partial charge in [-0.1, -0.05) is 0 Å². The maximum absolute atomic E-state index is 11.3. The number of rotatable bonds is 2. The van der Waals surface area contributed by atoms with E-state index in [1.807, 2.05) is 0 Å². The van der Waals surface area contributed by atoms with E-state index in [0.29, 0.717) is 12.6 Å². The molecular formula is C11H21N3O2. The first kappa shape index (κ1) is 11.8. The number of amides is 1. The van der Waals surface area contributed by atoms with Gasteiger partial charge in [0, 0.05) is 32.2 Å². The molecule has 2 aliphatic heterocycles. The molecule has 0 aliphatic carbocycles. The summed E-state index contributed by atoms with van der Waals surface area (Å²) in [5.74, 6) is 0.120. The van der Waals surface area contributed by atoms with Crippen molar-refractivity contribution in [3.63, 3.8) is 0 Å². The average Bonchev–Trinajstić information content (AvgIpc) is 2.24. The number of carbonyl (C=O) groups excluding carboxylic acids is 1. The highest BCUT2D eigenvalue weighted by atomic mass is 16.5. The highest BCUT2D eigenvalue weighted by molar-refractivity contribution is 5.78. The number of morpholine rings is 1. The molecule has 1 amide bonds. The fourth-order valence-corrected chi connectivity index (χ4v) is 2.27. The van der Waals surface area contributed by atoms with Gasteiger partial charge in [-0.05, 0) is 13.8 Å². The Morgan fingerprint density at radius 1 is 1.38 bits per heavy atom. The molecule has 16 heavy (non-hydrogen) atoms. The highest BCUT2D eigenvalue weighted by Crippen LogP contribution is 2.09. The van der Waals surface area contributed by atoms with Gasteiger partial charge >= 0.3 is 0 Å². The minimum Gasteiger partial charge on any atom is -0.371 e. The van der Waals surface area contributed by atoms with Crippen molar-refractivity contribution in [2.75, 3.05) is 32.7 Å². The summed E-state index contributed by atoms with van der Waals surface area (Å²) in [4.78, 5) is 13.5. The van der Waals surface area contributed by atoms with Crippen LogP contribution in [0.2, 0.25) is 0 Å². The largest absolute Gasteiger partial charge is 0.371 e. The molecule has 0 spiro atoms. The molecule has 0 saturated carbocycles. The Balaban J connectivity index is 1.85. The minimum absolute atomic E-state index is 0.120. The summed E-state index contributed by atoms with van der Waals surface area (Å²) in [5, 5.41) is 6.22. The van der Waals surface area contributed by atoms with Crippen molar-refractivity contribution in [3.8, 4) is 0 Å². The summed E-state index contributed by atoms with van der Waals surface area (Å²) in [6, 6.07) is 0.401. The molecule has 5 nitrogen and oxygen atoms in total. The summed E-state index contributed by atoms with van der Waals surface area (Å²) < 4.78 is 5.84. The van der Waals surface area contributed by atoms with Gasteiger partial charge in [-0.3, -0.25) is 9.69 Å². The van der Waals surface area contributed by atoms with Crippen LogP contribution < -0.4 is 10.6 Å². The monoisotopic (exact) mass is 227 g/mol. The third kappa shape index (κ3) is 2.93. The second-order valence-electron chi connectivity index (χ2n) is 4.81. The Labute approximate surface area is 96.5 Å². The van der Waals surface area contributed by atoms with Crippen molar-refractivity contribution in [2.45, 2.75) is 32.1 Å². The molecule has 2 rings (SSSR count). The van der Waals surface area contributed by atoms with Crippen LogP contribution in [0.5, 0.6) is 0 Å². The molecule has 0 aromatic heterocycles. The predicted octanol–water partition coefficient (Wildman–Crippen LogP) is -0.816. The lowest BCUT2D eigenvalue weighted by molar-refractivity contribution is -0.126. The molecular weight excluding hydrogens is 206 g/mol. The minimum atomic E-state index is 0.120. The van der Waals surface area contributed by atoms with Crippen LogP contribution in [0.1, 0.15) is 13.8 Å². The third-order valence-electron chi connectivity index (χ3n) is 3.23. The first-order valence-electron chi connectivity index (χ1n) is 6.02. The standard InChI is InChI=1S/C11H21N3O2/c1-8-3-13-11(15)7-14(8)6-10-5-12-4-9(2)16-10/h8-10,12H,3-7H2,1-2H3,(H,13,15)/t8-,9-,10+/m1/s1. The zero-order valence-corrected chi connectivity index (χ0v) is 10.0. The maximum Gasteiger partial charge on any atom is 0.234 e. The Kier molecular flexibility index (Phi) is 3.78. The second kappa shape index (κ2) is 5.12. The number of hydrogen-bond donors (Lipinski definition) is 2. The molecule has 0 aromatic carbocycles. The Morgan fingerprint density at radius 3 is 2.94 bits per heavy atom. The quantitative estimate of drug-likeness (QED) is 0.647. The lowest BCUT2D eigenvalue weighted by atomic mass is 10.1. The Morgan fingerprint density at radius 2 is 2.19 bits per heavy atom. The number of nitrogens with one attached hydrogen (secondary N) is 2. The molecule has 0 radical (unpaired) electrons. The predicted molar refractivity (Wildman–Crippen MR) is 61.2 cm³/mol. The van der Waals surface area contributed by atoms with Gasteiger partial charge in [-0.2, -0.15) is 0 Å². The molecule has 0 bridgehead atoms. The smallest absolute Gasteiger partial charge is 0.234 e. The van der Waals surface area contributed by atoms with E-state index < -0.39 is 0 Å². The van der Waals surface area contributed by atoms with Crippen LogP contribution in [0, 0.1) is 0 Å². The summed E-state index contributed by atoms with van der Waals surface area (Å²) in [6.45, 7) is 8.10. The van der Waals surface area contributed by atoms with Crippen molar-refractivity contribution < 1.29 is 9.53 Å². The molecule has 2 N–H and O–H groups in total. The molecule has 3 atom stereocenters. The van der Waals surface area contributed by atoms with Crippen molar-refractivity contribution in [2.24, 2.45) is 0 Å². The number of carbonyl (C=O) groups is 1. The molecule has 92 valence electrons. The SMILES string of the molecule is C[C@@H]1CNC[C@@H](CN2CC(=O)NC[C@H]2C)O1. The second-order valence-corrected chi connectivity index (χ2v) is 4.81. The van der Waals surface area contributed by atoms with E-state index in [0.717, 1.165) is 26.2 Å². The van der Waals surface area contributed by atoms with E-state index in [2.05, 4.69) is 29.4 Å². The van der Waals surface area contributed by atoms with Crippen LogP contribution in [0.25, 0.3) is 0 Å². The number of nitrogens with zero attached hydrogens (tertiary/aromatic N) is 1. The molecule has 2 saturated heterocycles. The van der Waals surface area contributed by atoms with Gasteiger partial charge in [0.1, 0.15) is 0 Å². The number of ether oxygens (including phenoxy) is 1. The Hall–Kier alpha value is -0.650. The van der Waals surface area contributed by atoms with Crippen molar-refractivity contribution in [1.82, 2.24) is 15.5 Å². The lowest BCUT2D eigenvalue weighted by Crippen LogP contribution is -2.57. The van der Waals surface area contributed by atoms with E-state index in [-0.39, 0.29) is 18.1 Å². The van der Waals surface area contributed by atoms with Crippen molar-refractivity contribution >= 4 is 5.91 Å². The summed E-state index contributed by atoms with van der Waals surface area (Å²) in [7, 11) is 0. The zero-order valence-electron chi connectivity index (χ0n) is 10.0. The van der Waals surface area contributed by atoms with Crippen LogP contribution >= 0.6 is 0 Å². The zero-order chi connectivity index (χ0) is 11.5. The van der Waals surface area contributed by atoms with Gasteiger partial charge in [-0.25, -0.2) is 0 Å². The fourth-order valence-electron chi connectivity index (χ4n) is 2.27. The third-order valence-corrected chi connectivity index (χ3v) is 3.23. The van der Waals surface area contributed by atoms with E-state index in [1.165, 1.54) is 0 Å². The van der Waals surface area contributed by atoms with Crippen molar-refractivity contribution in [3.05, 3.63) is 0 Å². The van der Waals surface area contributed by atoms with Gasteiger partial charge in [0.05, 0.1) is 18.8 Å². The van der Waals surface area contributed by atoms with Crippen LogP contribution in [0.4, 0.5) is 0 Å². The Bertz CT molecular complexity index is 260. The van der Waals surface area contributed by atoms with Gasteiger partial charge in [0.2, 0.25) is 5.91 Å².